The molecule has 2 aromatic rings. The van der Waals surface area contributed by atoms with Gasteiger partial charge >= 0.3 is 0 Å². The second kappa shape index (κ2) is 6.86. The van der Waals surface area contributed by atoms with E-state index in [2.05, 4.69) is 10.3 Å². The van der Waals surface area contributed by atoms with E-state index in [0.29, 0.717) is 23.8 Å². The first-order chi connectivity index (χ1) is 11.2. The normalized spacial score (nSPS) is 15.2. The van der Waals surface area contributed by atoms with Crippen LogP contribution in [0.1, 0.15) is 48.4 Å². The van der Waals surface area contributed by atoms with Gasteiger partial charge in [-0.1, -0.05) is 19.1 Å². The highest BCUT2D eigenvalue weighted by molar-refractivity contribution is 5.97. The summed E-state index contributed by atoms with van der Waals surface area (Å²) in [6, 6.07) is 7.36. The van der Waals surface area contributed by atoms with Gasteiger partial charge in [-0.15, -0.1) is 0 Å². The van der Waals surface area contributed by atoms with Crippen LogP contribution in [0.2, 0.25) is 0 Å². The number of ether oxygens (including phenoxy) is 1. The summed E-state index contributed by atoms with van der Waals surface area (Å²) in [6.07, 6.45) is 6.86. The Morgan fingerprint density at radius 3 is 2.87 bits per heavy atom. The van der Waals surface area contributed by atoms with Crippen LogP contribution in [0, 0.1) is 5.92 Å². The average molecular weight is 313 g/mol. The minimum absolute atomic E-state index is 0.0401. The number of rotatable bonds is 7. The topological polar surface area (TPSA) is 56.1 Å². The van der Waals surface area contributed by atoms with E-state index >= 15 is 0 Å². The van der Waals surface area contributed by atoms with Gasteiger partial charge in [0.1, 0.15) is 11.6 Å². The van der Waals surface area contributed by atoms with Crippen LogP contribution in [0.4, 0.5) is 0 Å². The van der Waals surface area contributed by atoms with Crippen molar-refractivity contribution in [3.05, 3.63) is 48.0 Å². The molecule has 1 aromatic carbocycles. The van der Waals surface area contributed by atoms with E-state index in [9.17, 15) is 4.79 Å². The minimum atomic E-state index is -0.100. The Balaban J connectivity index is 1.79. The Morgan fingerprint density at radius 2 is 2.22 bits per heavy atom. The zero-order valence-corrected chi connectivity index (χ0v) is 13.7. The molecule has 1 saturated carbocycles. The van der Waals surface area contributed by atoms with Crippen LogP contribution in [0.25, 0.3) is 0 Å². The van der Waals surface area contributed by atoms with Gasteiger partial charge in [0.15, 0.2) is 0 Å². The Labute approximate surface area is 136 Å². The van der Waals surface area contributed by atoms with E-state index in [1.807, 2.05) is 49.0 Å². The molecule has 1 aliphatic rings. The summed E-state index contributed by atoms with van der Waals surface area (Å²) in [4.78, 5) is 17.2. The summed E-state index contributed by atoms with van der Waals surface area (Å²) in [5, 5.41) is 3.15. The molecule has 1 fully saturated rings. The van der Waals surface area contributed by atoms with Crippen LogP contribution >= 0.6 is 0 Å². The van der Waals surface area contributed by atoms with Crippen molar-refractivity contribution in [2.45, 2.75) is 32.2 Å². The molecular formula is C18H23N3O2. The lowest BCUT2D eigenvalue weighted by atomic mass is 10.1. The Kier molecular flexibility index (Phi) is 4.65. The lowest BCUT2D eigenvalue weighted by Crippen LogP contribution is -2.32. The molecule has 1 aromatic heterocycles. The Bertz CT molecular complexity index is 676. The molecule has 1 atom stereocenters. The molecule has 0 aliphatic heterocycles. The number of nitrogens with one attached hydrogen (secondary N) is 1. The van der Waals surface area contributed by atoms with Gasteiger partial charge in [0.05, 0.1) is 18.2 Å². The lowest BCUT2D eigenvalue weighted by Gasteiger charge is -2.19. The summed E-state index contributed by atoms with van der Waals surface area (Å²) in [5.74, 6) is 1.93. The Morgan fingerprint density at radius 1 is 1.43 bits per heavy atom. The molecule has 5 nitrogen and oxygen atoms in total. The lowest BCUT2D eigenvalue weighted by molar-refractivity contribution is 0.0925. The van der Waals surface area contributed by atoms with Gasteiger partial charge in [0, 0.05) is 19.4 Å². The molecule has 0 bridgehead atoms. The first-order valence-electron chi connectivity index (χ1n) is 8.20. The first-order valence-corrected chi connectivity index (χ1v) is 8.20. The maximum atomic E-state index is 12.7. The van der Waals surface area contributed by atoms with Crippen molar-refractivity contribution < 1.29 is 9.53 Å². The second-order valence-corrected chi connectivity index (χ2v) is 6.03. The molecular weight excluding hydrogens is 290 g/mol. The van der Waals surface area contributed by atoms with Crippen LogP contribution < -0.4 is 10.1 Å². The zero-order valence-electron chi connectivity index (χ0n) is 13.7. The molecule has 5 heteroatoms. The second-order valence-electron chi connectivity index (χ2n) is 6.03. The van der Waals surface area contributed by atoms with Crippen LogP contribution in [-0.4, -0.2) is 22.1 Å². The fourth-order valence-electron chi connectivity index (χ4n) is 2.71. The first kappa shape index (κ1) is 15.6. The number of hydrogen-bond donors (Lipinski definition) is 1. The zero-order chi connectivity index (χ0) is 16.2. The summed E-state index contributed by atoms with van der Waals surface area (Å²) >= 11 is 0. The van der Waals surface area contributed by atoms with E-state index in [0.717, 1.165) is 25.1 Å². The molecule has 0 radical (unpaired) electrons. The molecule has 0 saturated heterocycles. The van der Waals surface area contributed by atoms with Gasteiger partial charge in [-0.05, 0) is 37.3 Å². The van der Waals surface area contributed by atoms with Crippen molar-refractivity contribution in [2.75, 3.05) is 6.61 Å². The summed E-state index contributed by atoms with van der Waals surface area (Å²) in [5.41, 5.74) is 0.584. The van der Waals surface area contributed by atoms with Crippen molar-refractivity contribution in [1.29, 1.82) is 0 Å². The average Bonchev–Trinajstić information content (AvgIpc) is 3.32. The van der Waals surface area contributed by atoms with Gasteiger partial charge in [-0.25, -0.2) is 4.98 Å². The van der Waals surface area contributed by atoms with Crippen molar-refractivity contribution in [3.63, 3.8) is 0 Å². The molecule has 0 spiro atoms. The van der Waals surface area contributed by atoms with E-state index in [1.165, 1.54) is 0 Å². The summed E-state index contributed by atoms with van der Waals surface area (Å²) in [6.45, 7) is 2.66. The van der Waals surface area contributed by atoms with Crippen molar-refractivity contribution >= 4 is 5.91 Å². The third kappa shape index (κ3) is 3.55. The van der Waals surface area contributed by atoms with Crippen LogP contribution in [0.15, 0.2) is 36.7 Å². The van der Waals surface area contributed by atoms with Crippen LogP contribution in [-0.2, 0) is 7.05 Å². The summed E-state index contributed by atoms with van der Waals surface area (Å²) in [7, 11) is 1.96. The molecule has 1 N–H and O–H groups in total. The molecule has 1 aliphatic carbocycles. The molecule has 23 heavy (non-hydrogen) atoms. The number of carbonyl (C=O) groups is 1. The Hall–Kier alpha value is -2.30. The quantitative estimate of drug-likeness (QED) is 0.854. The van der Waals surface area contributed by atoms with E-state index in [4.69, 9.17) is 4.74 Å². The van der Waals surface area contributed by atoms with Crippen molar-refractivity contribution in [2.24, 2.45) is 13.0 Å². The molecule has 1 heterocycles. The van der Waals surface area contributed by atoms with Gasteiger partial charge in [0.25, 0.3) is 5.91 Å². The van der Waals surface area contributed by atoms with Gasteiger partial charge in [-0.3, -0.25) is 4.79 Å². The highest BCUT2D eigenvalue weighted by Gasteiger charge is 2.36. The SMILES string of the molecule is CCCOc1ccccc1C(=O)N[C@H](c1nccn1C)C1CC1. The molecule has 1 amide bonds. The standard InChI is InChI=1S/C18H23N3O2/c1-3-12-23-15-7-5-4-6-14(15)18(22)20-16(13-8-9-13)17-19-10-11-21(17)2/h4-7,10-11,13,16H,3,8-9,12H2,1-2H3,(H,20,22)/t16-/m0/s1. The third-order valence-electron chi connectivity index (χ3n) is 4.11. The largest absolute Gasteiger partial charge is 0.493 e. The number of hydrogen-bond acceptors (Lipinski definition) is 3. The van der Waals surface area contributed by atoms with E-state index in [-0.39, 0.29) is 11.9 Å². The monoisotopic (exact) mass is 313 g/mol. The number of benzene rings is 1. The molecule has 122 valence electrons. The highest BCUT2D eigenvalue weighted by atomic mass is 16.5. The fourth-order valence-corrected chi connectivity index (χ4v) is 2.71. The smallest absolute Gasteiger partial charge is 0.255 e. The number of carbonyl (C=O) groups excluding carboxylic acids is 1. The van der Waals surface area contributed by atoms with Gasteiger partial charge in [0.2, 0.25) is 0 Å². The van der Waals surface area contributed by atoms with Crippen molar-refractivity contribution in [1.82, 2.24) is 14.9 Å². The van der Waals surface area contributed by atoms with Gasteiger partial charge < -0.3 is 14.6 Å². The molecule has 0 unspecified atom stereocenters. The van der Waals surface area contributed by atoms with Crippen molar-refractivity contribution in [3.8, 4) is 5.75 Å². The number of nitrogens with zero attached hydrogens (tertiary/aromatic N) is 2. The van der Waals surface area contributed by atoms with Crippen LogP contribution in [0.5, 0.6) is 5.75 Å². The molecule has 3 rings (SSSR count). The number of para-hydroxylation sites is 1. The van der Waals surface area contributed by atoms with E-state index < -0.39 is 0 Å². The summed E-state index contributed by atoms with van der Waals surface area (Å²) < 4.78 is 7.67. The van der Waals surface area contributed by atoms with E-state index in [1.54, 1.807) is 6.20 Å². The number of amides is 1. The number of aromatic nitrogens is 2. The number of imidazole rings is 1. The maximum Gasteiger partial charge on any atom is 0.255 e. The maximum absolute atomic E-state index is 12.7. The predicted octanol–water partition coefficient (Wildman–Crippen LogP) is 3.09. The minimum Gasteiger partial charge on any atom is -0.493 e. The predicted molar refractivity (Wildman–Crippen MR) is 88.4 cm³/mol. The fraction of sp³-hybridized carbons (Fsp3) is 0.444. The number of aryl methyl sites for hydroxylation is 1. The van der Waals surface area contributed by atoms with Crippen LogP contribution in [0.3, 0.4) is 0 Å². The third-order valence-corrected chi connectivity index (χ3v) is 4.11. The van der Waals surface area contributed by atoms with Gasteiger partial charge in [-0.2, -0.15) is 0 Å². The highest BCUT2D eigenvalue weighted by Crippen LogP contribution is 2.40.